The molecule has 1 amide bonds. The van der Waals surface area contributed by atoms with E-state index in [9.17, 15) is 4.79 Å². The van der Waals surface area contributed by atoms with Crippen molar-refractivity contribution in [2.45, 2.75) is 19.4 Å². The maximum Gasteiger partial charge on any atom is 0.255 e. The second-order valence-electron chi connectivity index (χ2n) is 2.52. The molecule has 1 rings (SSSR count). The first-order chi connectivity index (χ1) is 4.52. The molecule has 0 unspecified atom stereocenters. The van der Waals surface area contributed by atoms with E-state index < -0.39 is 5.54 Å². The van der Waals surface area contributed by atoms with E-state index in [1.165, 1.54) is 0 Å². The van der Waals surface area contributed by atoms with Gasteiger partial charge in [0, 0.05) is 0 Å². The van der Waals surface area contributed by atoms with E-state index in [0.29, 0.717) is 0 Å². The second kappa shape index (κ2) is 2.09. The van der Waals surface area contributed by atoms with Crippen molar-refractivity contribution in [2.24, 2.45) is 10.2 Å². The van der Waals surface area contributed by atoms with Crippen LogP contribution in [0.4, 0.5) is 0 Å². The molecule has 0 radical (unpaired) electrons. The van der Waals surface area contributed by atoms with Crippen molar-refractivity contribution in [3.8, 4) is 0 Å². The Labute approximate surface area is 63.7 Å². The number of hydrogen-bond acceptors (Lipinski definition) is 3. The molecule has 0 aliphatic carbocycles. The Morgan fingerprint density at radius 2 is 2.20 bits per heavy atom. The molecule has 0 fully saturated rings. The fourth-order valence-corrected chi connectivity index (χ4v) is 0.624. The predicted octanol–water partition coefficient (Wildman–Crippen LogP) is 0.632. The van der Waals surface area contributed by atoms with Gasteiger partial charge in [-0.25, -0.2) is 0 Å². The lowest BCUT2D eigenvalue weighted by Gasteiger charge is -2.20. The number of amides is 1. The monoisotopic (exact) mass is 157 g/mol. The maximum absolute atomic E-state index is 11.0. The van der Waals surface area contributed by atoms with Gasteiger partial charge in [-0.3, -0.25) is 10.1 Å². The maximum atomic E-state index is 11.0. The first-order valence-electron chi connectivity index (χ1n) is 2.81. The number of nitrogens with zero attached hydrogens (tertiary/aromatic N) is 2. The first-order valence-corrected chi connectivity index (χ1v) is 3.21. The Kier molecular flexibility index (Phi) is 1.52. The Hall–Kier alpha value is -0.840. The molecule has 5 heteroatoms. The summed E-state index contributed by atoms with van der Waals surface area (Å²) in [6, 6.07) is 0. The van der Waals surface area contributed by atoms with Crippen LogP contribution in [-0.2, 0) is 4.79 Å². The molecular weight excluding hydrogens is 150 g/mol. The van der Waals surface area contributed by atoms with Crippen LogP contribution in [0.25, 0.3) is 0 Å². The van der Waals surface area contributed by atoms with Crippen molar-refractivity contribution in [2.75, 3.05) is 0 Å². The van der Waals surface area contributed by atoms with Crippen LogP contribution in [0.1, 0.15) is 13.8 Å². The van der Waals surface area contributed by atoms with Crippen LogP contribution in [0.15, 0.2) is 10.2 Å². The Balaban J connectivity index is 2.93. The zero-order valence-electron chi connectivity index (χ0n) is 5.71. The number of thiocarbonyl (C=S) groups is 1. The van der Waals surface area contributed by atoms with Crippen molar-refractivity contribution in [1.29, 1.82) is 0 Å². The van der Waals surface area contributed by atoms with Crippen molar-refractivity contribution in [3.63, 3.8) is 0 Å². The van der Waals surface area contributed by atoms with E-state index in [1.807, 2.05) is 0 Å². The summed E-state index contributed by atoms with van der Waals surface area (Å²) < 4.78 is 0. The lowest BCUT2D eigenvalue weighted by Crippen LogP contribution is -2.45. The van der Waals surface area contributed by atoms with Gasteiger partial charge in [0.15, 0.2) is 5.54 Å². The average Bonchev–Trinajstić information content (AvgIpc) is 1.81. The van der Waals surface area contributed by atoms with Gasteiger partial charge in [-0.2, -0.15) is 5.11 Å². The highest BCUT2D eigenvalue weighted by atomic mass is 32.1. The van der Waals surface area contributed by atoms with E-state index in [1.54, 1.807) is 13.8 Å². The third kappa shape index (κ3) is 1.18. The third-order valence-corrected chi connectivity index (χ3v) is 1.35. The molecule has 10 heavy (non-hydrogen) atoms. The van der Waals surface area contributed by atoms with Gasteiger partial charge in [0.1, 0.15) is 0 Å². The van der Waals surface area contributed by atoms with Gasteiger partial charge in [0.05, 0.1) is 0 Å². The lowest BCUT2D eigenvalue weighted by molar-refractivity contribution is -0.124. The molecule has 1 N–H and O–H groups in total. The van der Waals surface area contributed by atoms with E-state index in [-0.39, 0.29) is 11.0 Å². The zero-order chi connectivity index (χ0) is 7.78. The molecule has 0 bridgehead atoms. The normalized spacial score (nSPS) is 22.6. The fraction of sp³-hybridized carbons (Fsp3) is 0.600. The zero-order valence-corrected chi connectivity index (χ0v) is 6.53. The standard InChI is InChI=1S/C5H7N3OS/c1-5(2)3(9)6-4(10)7-8-5/h1-2H3,(H,6,9,10). The van der Waals surface area contributed by atoms with Crippen molar-refractivity contribution in [1.82, 2.24) is 5.32 Å². The summed E-state index contributed by atoms with van der Waals surface area (Å²) in [6.45, 7) is 3.35. The van der Waals surface area contributed by atoms with Crippen LogP contribution in [-0.4, -0.2) is 16.6 Å². The molecule has 1 heterocycles. The Bertz CT molecular complexity index is 221. The largest absolute Gasteiger partial charge is 0.298 e. The van der Waals surface area contributed by atoms with Crippen LogP contribution in [0.5, 0.6) is 0 Å². The predicted molar refractivity (Wildman–Crippen MR) is 39.7 cm³/mol. The molecule has 0 aromatic heterocycles. The Morgan fingerprint density at radius 3 is 2.60 bits per heavy atom. The number of carbonyl (C=O) groups excluding carboxylic acids is 1. The van der Waals surface area contributed by atoms with Gasteiger partial charge >= 0.3 is 0 Å². The summed E-state index contributed by atoms with van der Waals surface area (Å²) in [5.41, 5.74) is -0.762. The minimum absolute atomic E-state index is 0.143. The highest BCUT2D eigenvalue weighted by molar-refractivity contribution is 7.80. The highest BCUT2D eigenvalue weighted by Gasteiger charge is 2.31. The van der Waals surface area contributed by atoms with Crippen LogP contribution in [0, 0.1) is 0 Å². The molecule has 0 atom stereocenters. The summed E-state index contributed by atoms with van der Waals surface area (Å²) in [6.07, 6.45) is 0. The third-order valence-electron chi connectivity index (χ3n) is 1.17. The number of azo groups is 1. The summed E-state index contributed by atoms with van der Waals surface area (Å²) >= 11 is 4.59. The quantitative estimate of drug-likeness (QED) is 0.524. The molecule has 1 aliphatic heterocycles. The van der Waals surface area contributed by atoms with E-state index in [0.717, 1.165) is 0 Å². The highest BCUT2D eigenvalue weighted by Crippen LogP contribution is 2.12. The SMILES string of the molecule is CC1(C)N=NC(=S)NC1=O. The van der Waals surface area contributed by atoms with Crippen LogP contribution >= 0.6 is 12.2 Å². The van der Waals surface area contributed by atoms with E-state index in [4.69, 9.17) is 0 Å². The number of carbonyl (C=O) groups is 1. The van der Waals surface area contributed by atoms with Gasteiger partial charge in [-0.1, -0.05) is 0 Å². The molecule has 0 aromatic rings. The van der Waals surface area contributed by atoms with Crippen LogP contribution < -0.4 is 5.32 Å². The van der Waals surface area contributed by atoms with Crippen LogP contribution in [0.2, 0.25) is 0 Å². The van der Waals surface area contributed by atoms with Gasteiger partial charge in [-0.15, -0.1) is 5.11 Å². The van der Waals surface area contributed by atoms with Gasteiger partial charge in [0.2, 0.25) is 5.11 Å². The molecule has 4 nitrogen and oxygen atoms in total. The fourth-order valence-electron chi connectivity index (χ4n) is 0.491. The van der Waals surface area contributed by atoms with Crippen molar-refractivity contribution >= 4 is 23.2 Å². The molecule has 0 saturated carbocycles. The first kappa shape index (κ1) is 7.27. The number of hydrogen-bond donors (Lipinski definition) is 1. The smallest absolute Gasteiger partial charge is 0.255 e. The summed E-state index contributed by atoms with van der Waals surface area (Å²) in [5.74, 6) is -0.201. The van der Waals surface area contributed by atoms with Gasteiger partial charge in [-0.05, 0) is 26.1 Å². The van der Waals surface area contributed by atoms with E-state index >= 15 is 0 Å². The number of nitrogens with one attached hydrogen (secondary N) is 1. The van der Waals surface area contributed by atoms with E-state index in [2.05, 4.69) is 27.8 Å². The average molecular weight is 157 g/mol. The second-order valence-corrected chi connectivity index (χ2v) is 2.90. The summed E-state index contributed by atoms with van der Waals surface area (Å²) in [4.78, 5) is 11.0. The van der Waals surface area contributed by atoms with Crippen LogP contribution in [0.3, 0.4) is 0 Å². The van der Waals surface area contributed by atoms with Crippen molar-refractivity contribution < 1.29 is 4.79 Å². The summed E-state index contributed by atoms with van der Waals surface area (Å²) in [7, 11) is 0. The minimum atomic E-state index is -0.762. The molecule has 0 saturated heterocycles. The molecule has 54 valence electrons. The molecule has 1 aliphatic rings. The van der Waals surface area contributed by atoms with Gasteiger partial charge < -0.3 is 0 Å². The molecular formula is C5H7N3OS. The van der Waals surface area contributed by atoms with Crippen molar-refractivity contribution in [3.05, 3.63) is 0 Å². The Morgan fingerprint density at radius 1 is 1.60 bits per heavy atom. The topological polar surface area (TPSA) is 53.8 Å². The minimum Gasteiger partial charge on any atom is -0.298 e. The molecule has 0 spiro atoms. The lowest BCUT2D eigenvalue weighted by atomic mass is 10.1. The number of rotatable bonds is 0. The van der Waals surface area contributed by atoms with Gasteiger partial charge in [0.25, 0.3) is 5.91 Å². The summed E-state index contributed by atoms with van der Waals surface area (Å²) in [5, 5.41) is 9.80. The molecule has 0 aromatic carbocycles.